The summed E-state index contributed by atoms with van der Waals surface area (Å²) in [6, 6.07) is 4.92. The van der Waals surface area contributed by atoms with E-state index in [4.69, 9.17) is 26.8 Å². The van der Waals surface area contributed by atoms with Crippen molar-refractivity contribution in [3.63, 3.8) is 0 Å². The Labute approximate surface area is 311 Å². The number of amides is 1. The molecule has 4 rings (SSSR count). The van der Waals surface area contributed by atoms with Crippen LogP contribution < -0.4 is 10.9 Å². The summed E-state index contributed by atoms with van der Waals surface area (Å²) in [7, 11) is -7.03. The van der Waals surface area contributed by atoms with Crippen molar-refractivity contribution in [3.8, 4) is 6.07 Å². The minimum Gasteiger partial charge on any atom is -0.414 e. The molecule has 2 aliphatic heterocycles. The monoisotopic (exact) mass is 781 g/mol. The minimum absolute atomic E-state index is 0.0273. The molecule has 2 saturated heterocycles. The van der Waals surface area contributed by atoms with Gasteiger partial charge in [0.15, 0.2) is 11.2 Å². The quantitative estimate of drug-likeness (QED) is 0.0932. The summed E-state index contributed by atoms with van der Waals surface area (Å²) in [4.78, 5) is 37.5. The number of nitriles is 1. The highest BCUT2D eigenvalue weighted by molar-refractivity contribution is 7.44. The number of aromatic nitrogens is 4. The molecule has 4 heterocycles. The summed E-state index contributed by atoms with van der Waals surface area (Å²) >= 11 is 0. The number of H-pyrrole nitrogens is 1. The summed E-state index contributed by atoms with van der Waals surface area (Å²) in [5.41, 5.74) is -0.104. The van der Waals surface area contributed by atoms with Crippen LogP contribution in [0.25, 0.3) is 11.2 Å². The van der Waals surface area contributed by atoms with Crippen molar-refractivity contribution in [2.75, 3.05) is 25.1 Å². The van der Waals surface area contributed by atoms with Crippen LogP contribution in [0.5, 0.6) is 0 Å². The minimum atomic E-state index is -2.83. The van der Waals surface area contributed by atoms with Crippen LogP contribution in [0.1, 0.15) is 94.2 Å². The van der Waals surface area contributed by atoms with Crippen molar-refractivity contribution in [2.24, 2.45) is 11.8 Å². The first-order valence-corrected chi connectivity index (χ1v) is 24.8. The number of carbonyl (C=O) groups excluding carboxylic acids is 1. The molecule has 3 unspecified atom stereocenters. The average molecular weight is 782 g/mol. The van der Waals surface area contributed by atoms with Gasteiger partial charge in [-0.3, -0.25) is 24.5 Å². The van der Waals surface area contributed by atoms with Gasteiger partial charge in [-0.1, -0.05) is 53.9 Å². The van der Waals surface area contributed by atoms with Crippen molar-refractivity contribution < 1.29 is 31.5 Å². The number of carbonyl (C=O) groups is 1. The molecule has 1 amide bonds. The highest BCUT2D eigenvalue weighted by atomic mass is 31.2. The molecule has 2 fully saturated rings. The lowest BCUT2D eigenvalue weighted by molar-refractivity contribution is -0.118. The number of hydrogen-bond acceptors (Lipinski definition) is 12. The molecular weight excluding hydrogens is 722 g/mol. The van der Waals surface area contributed by atoms with E-state index in [1.165, 1.54) is 0 Å². The number of nitrogens with zero attached hydrogens (tertiary/aromatic N) is 5. The predicted molar refractivity (Wildman–Crippen MR) is 205 cm³/mol. The highest BCUT2D eigenvalue weighted by Crippen LogP contribution is 2.49. The fourth-order valence-corrected chi connectivity index (χ4v) is 18.0. The molecule has 0 bridgehead atoms. The number of rotatable bonds is 18. The van der Waals surface area contributed by atoms with E-state index in [2.05, 4.69) is 86.0 Å². The fraction of sp³-hybridized carbons (Fsp3) is 0.794. The molecule has 0 aromatic carbocycles. The van der Waals surface area contributed by atoms with Gasteiger partial charge in [-0.25, -0.2) is 9.65 Å². The summed E-state index contributed by atoms with van der Waals surface area (Å²) in [6.07, 6.45) is 2.91. The summed E-state index contributed by atoms with van der Waals surface area (Å²) in [6.45, 7) is 21.2. The van der Waals surface area contributed by atoms with Crippen LogP contribution in [0.15, 0.2) is 11.1 Å². The fourth-order valence-electron chi connectivity index (χ4n) is 7.10. The molecule has 18 heteroatoms. The van der Waals surface area contributed by atoms with Crippen LogP contribution in [0.3, 0.4) is 0 Å². The Bertz CT molecular complexity index is 1560. The number of fused-ring (bicyclic) bond motifs is 2. The van der Waals surface area contributed by atoms with Gasteiger partial charge in [0.2, 0.25) is 11.9 Å². The molecule has 0 aliphatic carbocycles. The molecule has 292 valence electrons. The van der Waals surface area contributed by atoms with E-state index in [1.807, 2.05) is 0 Å². The van der Waals surface area contributed by atoms with E-state index < -0.39 is 55.6 Å². The largest absolute Gasteiger partial charge is 0.414 e. The zero-order valence-corrected chi connectivity index (χ0v) is 35.5. The summed E-state index contributed by atoms with van der Waals surface area (Å²) in [5, 5.41) is 12.0. The van der Waals surface area contributed by atoms with E-state index in [0.717, 1.165) is 37.4 Å². The Hall–Kier alpha value is -2.11. The number of anilines is 1. The SMILES string of the molecule is CCC[Si]1(C)OC2[C@@H](COP(OCCC#N)N(C(C)C)C(C)C)[C@H](n3cnc4c(=O)[nH]c(NC(=O)C(C)C)nc43)O[C@@H]2CO[Si](CCC)(CCC)O1. The average Bonchev–Trinajstić information content (AvgIpc) is 3.62. The highest BCUT2D eigenvalue weighted by Gasteiger charge is 2.56. The Balaban J connectivity index is 1.81. The van der Waals surface area contributed by atoms with Gasteiger partial charge in [0, 0.05) is 18.0 Å². The lowest BCUT2D eigenvalue weighted by atomic mass is 10.0. The first-order chi connectivity index (χ1) is 24.7. The van der Waals surface area contributed by atoms with E-state index in [9.17, 15) is 14.9 Å². The first kappa shape index (κ1) is 42.6. The lowest BCUT2D eigenvalue weighted by Crippen LogP contribution is -2.59. The first-order valence-electron chi connectivity index (χ1n) is 18.9. The van der Waals surface area contributed by atoms with E-state index in [1.54, 1.807) is 24.7 Å². The standard InChI is InChI=1S/C34H60N7O8PSi2/c1-11-17-51(10)48-29-26(20-45-50(44-16-14-15-35)41(24(6)7)25(8)9)33(47-27(29)21-46-52(49-51,18-12-2)19-13-3)40-22-36-28-30(40)37-34(39-32(28)43)38-31(42)23(4)5/h22-27,29,33H,11-14,16-21H2,1-10H3,(H2,37,38,39,42,43)/t26-,27-,29?,33-,50?,51?/m1/s1. The molecule has 2 aromatic heterocycles. The Morgan fingerprint density at radius 1 is 1.13 bits per heavy atom. The zero-order valence-electron chi connectivity index (χ0n) is 32.6. The van der Waals surface area contributed by atoms with E-state index in [-0.39, 0.29) is 67.3 Å². The topological polar surface area (TPSA) is 175 Å². The molecule has 2 N–H and O–H groups in total. The van der Waals surface area contributed by atoms with Gasteiger partial charge in [-0.05, 0) is 52.4 Å². The maximum Gasteiger partial charge on any atom is 0.329 e. The Morgan fingerprint density at radius 3 is 2.40 bits per heavy atom. The normalized spacial score (nSPS) is 25.4. The van der Waals surface area contributed by atoms with Crippen LogP contribution in [0.2, 0.25) is 24.7 Å². The number of imidazole rings is 1. The van der Waals surface area contributed by atoms with Crippen molar-refractivity contribution in [1.29, 1.82) is 5.26 Å². The second kappa shape index (κ2) is 19.0. The van der Waals surface area contributed by atoms with Crippen molar-refractivity contribution in [2.45, 2.75) is 143 Å². The van der Waals surface area contributed by atoms with E-state index >= 15 is 0 Å². The number of nitrogens with one attached hydrogen (secondary N) is 2. The number of ether oxygens (including phenoxy) is 1. The van der Waals surface area contributed by atoms with Crippen LogP contribution >= 0.6 is 8.53 Å². The summed E-state index contributed by atoms with van der Waals surface area (Å²) in [5.74, 6) is -0.998. The van der Waals surface area contributed by atoms with Gasteiger partial charge in [-0.15, -0.1) is 0 Å². The van der Waals surface area contributed by atoms with Gasteiger partial charge in [-0.2, -0.15) is 10.2 Å². The van der Waals surface area contributed by atoms with E-state index in [0.29, 0.717) is 0 Å². The Morgan fingerprint density at radius 2 is 1.81 bits per heavy atom. The summed E-state index contributed by atoms with van der Waals surface area (Å²) < 4.78 is 45.2. The van der Waals surface area contributed by atoms with Crippen molar-refractivity contribution in [1.82, 2.24) is 24.2 Å². The molecular formula is C34H60N7O8PSi2. The van der Waals surface area contributed by atoms with Crippen LogP contribution in [0, 0.1) is 23.2 Å². The number of hydrogen-bond donors (Lipinski definition) is 2. The van der Waals surface area contributed by atoms with Gasteiger partial charge in [0.05, 0.1) is 50.7 Å². The molecule has 52 heavy (non-hydrogen) atoms. The smallest absolute Gasteiger partial charge is 0.329 e. The molecule has 0 saturated carbocycles. The van der Waals surface area contributed by atoms with Crippen LogP contribution in [-0.2, 0) is 31.5 Å². The maximum atomic E-state index is 13.2. The molecule has 6 atom stereocenters. The van der Waals surface area contributed by atoms with Crippen molar-refractivity contribution >= 4 is 48.7 Å². The maximum absolute atomic E-state index is 13.2. The zero-order chi connectivity index (χ0) is 38.2. The molecule has 0 spiro atoms. The Kier molecular flexibility index (Phi) is 15.6. The molecule has 2 aromatic rings. The molecule has 15 nitrogen and oxygen atoms in total. The van der Waals surface area contributed by atoms with Gasteiger partial charge < -0.3 is 26.8 Å². The third-order valence-corrected chi connectivity index (χ3v) is 19.9. The second-order valence-electron chi connectivity index (χ2n) is 14.7. The molecule has 2 aliphatic rings. The van der Waals surface area contributed by atoms with Gasteiger partial charge in [0.1, 0.15) is 12.3 Å². The van der Waals surface area contributed by atoms with Crippen LogP contribution in [-0.4, -0.2) is 91.3 Å². The van der Waals surface area contributed by atoms with Crippen molar-refractivity contribution in [3.05, 3.63) is 16.7 Å². The predicted octanol–water partition coefficient (Wildman–Crippen LogP) is 6.70. The lowest BCUT2D eigenvalue weighted by Gasteiger charge is -2.44. The van der Waals surface area contributed by atoms with Gasteiger partial charge in [0.25, 0.3) is 14.1 Å². The third kappa shape index (κ3) is 10.1. The van der Waals surface area contributed by atoms with Gasteiger partial charge >= 0.3 is 17.1 Å². The molecule has 0 radical (unpaired) electrons. The number of aromatic amines is 1. The van der Waals surface area contributed by atoms with Crippen LogP contribution in [0.4, 0.5) is 5.95 Å². The third-order valence-electron chi connectivity index (χ3n) is 9.24. The second-order valence-corrected chi connectivity index (χ2v) is 23.1.